The van der Waals surface area contributed by atoms with E-state index in [9.17, 15) is 4.79 Å². The number of esters is 1. The topological polar surface area (TPSA) is 52.3 Å². The van der Waals surface area contributed by atoms with Crippen LogP contribution in [0.4, 0.5) is 0 Å². The first-order valence-electron chi connectivity index (χ1n) is 5.62. The zero-order chi connectivity index (χ0) is 12.0. The summed E-state index contributed by atoms with van der Waals surface area (Å²) in [5.74, 6) is -0.240. The number of rotatable bonds is 5. The van der Waals surface area contributed by atoms with Crippen molar-refractivity contribution in [3.63, 3.8) is 0 Å². The summed E-state index contributed by atoms with van der Waals surface area (Å²) in [5.41, 5.74) is 6.61. The van der Waals surface area contributed by atoms with Crippen LogP contribution in [0.1, 0.15) is 32.3 Å². The monoisotopic (exact) mass is 221 g/mol. The lowest BCUT2D eigenvalue weighted by atomic mass is 9.85. The minimum Gasteiger partial charge on any atom is -0.466 e. The van der Waals surface area contributed by atoms with E-state index in [0.29, 0.717) is 13.0 Å². The number of carbonyl (C=O) groups excluding carboxylic acids is 1. The zero-order valence-electron chi connectivity index (χ0n) is 9.90. The third-order valence-corrected chi connectivity index (χ3v) is 2.74. The summed E-state index contributed by atoms with van der Waals surface area (Å²) in [4.78, 5) is 11.5. The number of nitrogens with two attached hydrogens (primary N) is 1. The smallest absolute Gasteiger partial charge is 0.307 e. The molecule has 0 aliphatic carbocycles. The van der Waals surface area contributed by atoms with Gasteiger partial charge in [0.05, 0.1) is 18.6 Å². The van der Waals surface area contributed by atoms with Crippen LogP contribution >= 0.6 is 0 Å². The average molecular weight is 221 g/mol. The minimum absolute atomic E-state index is 0.224. The molecule has 2 N–H and O–H groups in total. The van der Waals surface area contributed by atoms with Crippen molar-refractivity contribution in [2.45, 2.75) is 32.2 Å². The summed E-state index contributed by atoms with van der Waals surface area (Å²) in [5, 5.41) is 0. The second kappa shape index (κ2) is 5.66. The lowest BCUT2D eigenvalue weighted by molar-refractivity contribution is -0.144. The van der Waals surface area contributed by atoms with E-state index in [4.69, 9.17) is 10.5 Å². The van der Waals surface area contributed by atoms with Crippen molar-refractivity contribution in [3.05, 3.63) is 35.9 Å². The minimum atomic E-state index is -0.618. The summed E-state index contributed by atoms with van der Waals surface area (Å²) in [6, 6.07) is 9.69. The van der Waals surface area contributed by atoms with Crippen LogP contribution in [0.3, 0.4) is 0 Å². The van der Waals surface area contributed by atoms with E-state index in [2.05, 4.69) is 0 Å². The molecule has 0 aliphatic heterocycles. The van der Waals surface area contributed by atoms with Crippen molar-refractivity contribution < 1.29 is 9.53 Å². The van der Waals surface area contributed by atoms with Gasteiger partial charge in [0.25, 0.3) is 0 Å². The van der Waals surface area contributed by atoms with Gasteiger partial charge in [-0.15, -0.1) is 0 Å². The van der Waals surface area contributed by atoms with Gasteiger partial charge in [0.1, 0.15) is 0 Å². The molecule has 0 aromatic heterocycles. The number of ether oxygens (including phenoxy) is 1. The van der Waals surface area contributed by atoms with Gasteiger partial charge in [0.2, 0.25) is 0 Å². The van der Waals surface area contributed by atoms with E-state index in [1.165, 1.54) is 0 Å². The molecular weight excluding hydrogens is 202 g/mol. The summed E-state index contributed by atoms with van der Waals surface area (Å²) >= 11 is 0. The van der Waals surface area contributed by atoms with Crippen LogP contribution in [0.5, 0.6) is 0 Å². The Hall–Kier alpha value is -1.35. The molecule has 0 aliphatic rings. The molecule has 0 heterocycles. The summed E-state index contributed by atoms with van der Waals surface area (Å²) in [6.45, 7) is 4.17. The van der Waals surface area contributed by atoms with Gasteiger partial charge in [-0.25, -0.2) is 0 Å². The first kappa shape index (κ1) is 12.7. The first-order valence-corrected chi connectivity index (χ1v) is 5.62. The molecule has 16 heavy (non-hydrogen) atoms. The van der Waals surface area contributed by atoms with Crippen molar-refractivity contribution in [2.75, 3.05) is 6.61 Å². The summed E-state index contributed by atoms with van der Waals surface area (Å²) < 4.78 is 4.94. The second-order valence-corrected chi connectivity index (χ2v) is 3.86. The highest BCUT2D eigenvalue weighted by Gasteiger charge is 2.28. The molecule has 1 aromatic carbocycles. The first-order chi connectivity index (χ1) is 7.62. The van der Waals surface area contributed by atoms with Gasteiger partial charge in [-0.05, 0) is 18.9 Å². The fourth-order valence-electron chi connectivity index (χ4n) is 1.67. The maximum atomic E-state index is 11.5. The fraction of sp³-hybridized carbons (Fsp3) is 0.462. The molecule has 88 valence electrons. The molecule has 0 fully saturated rings. The van der Waals surface area contributed by atoms with Gasteiger partial charge in [0, 0.05) is 0 Å². The van der Waals surface area contributed by atoms with Crippen LogP contribution < -0.4 is 5.73 Å². The number of benzene rings is 1. The lowest BCUT2D eigenvalue weighted by Crippen LogP contribution is -2.38. The predicted octanol–water partition coefficient (Wildman–Crippen LogP) is 2.20. The van der Waals surface area contributed by atoms with Gasteiger partial charge in [0.15, 0.2) is 0 Å². The van der Waals surface area contributed by atoms with E-state index < -0.39 is 5.54 Å². The van der Waals surface area contributed by atoms with Gasteiger partial charge in [-0.2, -0.15) is 0 Å². The largest absolute Gasteiger partial charge is 0.466 e. The molecule has 1 aromatic rings. The molecule has 0 amide bonds. The highest BCUT2D eigenvalue weighted by atomic mass is 16.5. The Morgan fingerprint density at radius 1 is 1.31 bits per heavy atom. The Balaban J connectivity index is 2.82. The van der Waals surface area contributed by atoms with Gasteiger partial charge in [-0.1, -0.05) is 37.3 Å². The Bertz CT molecular complexity index is 337. The van der Waals surface area contributed by atoms with Crippen LogP contribution in [-0.2, 0) is 15.1 Å². The molecule has 1 atom stereocenters. The van der Waals surface area contributed by atoms with Gasteiger partial charge < -0.3 is 10.5 Å². The van der Waals surface area contributed by atoms with Crippen LogP contribution in [0.2, 0.25) is 0 Å². The SMILES string of the molecule is CCOC(=O)CC(N)(CC)c1ccccc1. The molecule has 1 rings (SSSR count). The lowest BCUT2D eigenvalue weighted by Gasteiger charge is -2.27. The molecule has 0 bridgehead atoms. The Kier molecular flexibility index (Phi) is 4.50. The molecule has 3 nitrogen and oxygen atoms in total. The van der Waals surface area contributed by atoms with E-state index in [1.54, 1.807) is 6.92 Å². The average Bonchev–Trinajstić information content (AvgIpc) is 2.30. The highest BCUT2D eigenvalue weighted by Crippen LogP contribution is 2.25. The maximum Gasteiger partial charge on any atom is 0.307 e. The van der Waals surface area contributed by atoms with E-state index in [1.807, 2.05) is 37.3 Å². The van der Waals surface area contributed by atoms with Crippen LogP contribution in [0, 0.1) is 0 Å². The molecule has 1 unspecified atom stereocenters. The number of hydrogen-bond acceptors (Lipinski definition) is 3. The van der Waals surface area contributed by atoms with Crippen LogP contribution in [0.25, 0.3) is 0 Å². The van der Waals surface area contributed by atoms with Crippen molar-refractivity contribution in [1.29, 1.82) is 0 Å². The third kappa shape index (κ3) is 3.07. The zero-order valence-corrected chi connectivity index (χ0v) is 9.90. The van der Waals surface area contributed by atoms with Crippen molar-refractivity contribution in [1.82, 2.24) is 0 Å². The van der Waals surface area contributed by atoms with Crippen molar-refractivity contribution >= 4 is 5.97 Å². The van der Waals surface area contributed by atoms with Gasteiger partial charge >= 0.3 is 5.97 Å². The summed E-state index contributed by atoms with van der Waals surface area (Å²) in [6.07, 6.45) is 0.928. The van der Waals surface area contributed by atoms with Crippen molar-refractivity contribution in [3.8, 4) is 0 Å². The second-order valence-electron chi connectivity index (χ2n) is 3.86. The maximum absolute atomic E-state index is 11.5. The fourth-order valence-corrected chi connectivity index (χ4v) is 1.67. The number of hydrogen-bond donors (Lipinski definition) is 1. The van der Waals surface area contributed by atoms with Crippen molar-refractivity contribution in [2.24, 2.45) is 5.73 Å². The Morgan fingerprint density at radius 3 is 2.44 bits per heavy atom. The molecule has 3 heteroatoms. The number of carbonyl (C=O) groups is 1. The predicted molar refractivity (Wildman–Crippen MR) is 63.8 cm³/mol. The molecule has 0 saturated carbocycles. The molecular formula is C13H19NO2. The Labute approximate surface area is 96.6 Å². The third-order valence-electron chi connectivity index (χ3n) is 2.74. The van der Waals surface area contributed by atoms with Crippen LogP contribution in [-0.4, -0.2) is 12.6 Å². The molecule has 0 spiro atoms. The highest BCUT2D eigenvalue weighted by molar-refractivity contribution is 5.71. The normalized spacial score (nSPS) is 14.2. The molecule has 0 saturated heterocycles. The van der Waals surface area contributed by atoms with Gasteiger partial charge in [-0.3, -0.25) is 4.79 Å². The van der Waals surface area contributed by atoms with E-state index in [0.717, 1.165) is 5.56 Å². The Morgan fingerprint density at radius 2 is 1.94 bits per heavy atom. The molecule has 0 radical (unpaired) electrons. The summed E-state index contributed by atoms with van der Waals surface area (Å²) in [7, 11) is 0. The standard InChI is InChI=1S/C13H19NO2/c1-3-13(14,10-12(15)16-4-2)11-8-6-5-7-9-11/h5-9H,3-4,10,14H2,1-2H3. The van der Waals surface area contributed by atoms with E-state index in [-0.39, 0.29) is 12.4 Å². The van der Waals surface area contributed by atoms with Crippen LogP contribution in [0.15, 0.2) is 30.3 Å². The van der Waals surface area contributed by atoms with E-state index >= 15 is 0 Å². The quantitative estimate of drug-likeness (QED) is 0.775.